The summed E-state index contributed by atoms with van der Waals surface area (Å²) in [6, 6.07) is 20.1. The van der Waals surface area contributed by atoms with Crippen molar-refractivity contribution in [3.8, 4) is 5.75 Å². The standard InChI is InChI=1S/C22H22N2O2S2/c1-15-14-24(17-8-4-6-10-19(17)27-15)21-12-11-20(28-21)22(25)23-13-16-7-3-5-9-18(16)26-2/h3-12,15H,13-14H2,1-2H3,(H,23,25)/t15-/m0/s1. The molecule has 1 amide bonds. The minimum absolute atomic E-state index is 0.0603. The predicted octanol–water partition coefficient (Wildman–Crippen LogP) is 5.32. The Labute approximate surface area is 173 Å². The molecule has 6 heteroatoms. The molecule has 0 aliphatic carbocycles. The van der Waals surface area contributed by atoms with Gasteiger partial charge < -0.3 is 15.0 Å². The highest BCUT2D eigenvalue weighted by Crippen LogP contribution is 2.43. The summed E-state index contributed by atoms with van der Waals surface area (Å²) in [5.74, 6) is 0.723. The lowest BCUT2D eigenvalue weighted by molar-refractivity contribution is 0.0954. The zero-order chi connectivity index (χ0) is 19.5. The molecule has 1 N–H and O–H groups in total. The maximum absolute atomic E-state index is 12.7. The first-order chi connectivity index (χ1) is 13.7. The topological polar surface area (TPSA) is 41.6 Å². The van der Waals surface area contributed by atoms with Gasteiger partial charge in [-0.15, -0.1) is 23.1 Å². The number of para-hydroxylation sites is 2. The highest BCUT2D eigenvalue weighted by Gasteiger charge is 2.24. The van der Waals surface area contributed by atoms with Crippen LogP contribution < -0.4 is 15.0 Å². The van der Waals surface area contributed by atoms with Gasteiger partial charge in [0.25, 0.3) is 5.91 Å². The van der Waals surface area contributed by atoms with Gasteiger partial charge >= 0.3 is 0 Å². The third kappa shape index (κ3) is 3.88. The second-order valence-corrected chi connectivity index (χ2v) is 9.18. The van der Waals surface area contributed by atoms with Crippen LogP contribution in [-0.4, -0.2) is 24.8 Å². The van der Waals surface area contributed by atoms with E-state index in [0.29, 0.717) is 16.7 Å². The summed E-state index contributed by atoms with van der Waals surface area (Å²) in [4.78, 5) is 17.0. The molecular formula is C22H22N2O2S2. The number of anilines is 2. The molecule has 4 rings (SSSR count). The van der Waals surface area contributed by atoms with E-state index in [0.717, 1.165) is 22.9 Å². The molecule has 0 spiro atoms. The average Bonchev–Trinajstić information content (AvgIpc) is 3.21. The number of hydrogen-bond acceptors (Lipinski definition) is 5. The maximum Gasteiger partial charge on any atom is 0.261 e. The summed E-state index contributed by atoms with van der Waals surface area (Å²) in [6.45, 7) is 3.61. The van der Waals surface area contributed by atoms with Crippen LogP contribution in [0.1, 0.15) is 22.2 Å². The Morgan fingerprint density at radius 3 is 2.79 bits per heavy atom. The number of hydrogen-bond donors (Lipinski definition) is 1. The van der Waals surface area contributed by atoms with E-state index in [-0.39, 0.29) is 5.91 Å². The fourth-order valence-corrected chi connectivity index (χ4v) is 5.36. The van der Waals surface area contributed by atoms with Crippen LogP contribution in [0.4, 0.5) is 10.7 Å². The lowest BCUT2D eigenvalue weighted by Crippen LogP contribution is -2.28. The van der Waals surface area contributed by atoms with Crippen LogP contribution in [0.3, 0.4) is 0 Å². The van der Waals surface area contributed by atoms with Gasteiger partial charge in [-0.05, 0) is 30.3 Å². The summed E-state index contributed by atoms with van der Waals surface area (Å²) in [6.07, 6.45) is 0. The van der Waals surface area contributed by atoms with Crippen molar-refractivity contribution in [2.75, 3.05) is 18.6 Å². The molecule has 0 saturated carbocycles. The van der Waals surface area contributed by atoms with Crippen molar-refractivity contribution < 1.29 is 9.53 Å². The normalized spacial score (nSPS) is 15.8. The Balaban J connectivity index is 1.49. The van der Waals surface area contributed by atoms with Gasteiger partial charge in [-0.2, -0.15) is 0 Å². The van der Waals surface area contributed by atoms with E-state index in [1.165, 1.54) is 21.9 Å². The quantitative estimate of drug-likeness (QED) is 0.618. The van der Waals surface area contributed by atoms with Gasteiger partial charge in [-0.1, -0.05) is 37.3 Å². The fourth-order valence-electron chi connectivity index (χ4n) is 3.30. The second kappa shape index (κ2) is 8.29. The van der Waals surface area contributed by atoms with Gasteiger partial charge in [-0.25, -0.2) is 0 Å². The van der Waals surface area contributed by atoms with Gasteiger partial charge in [0.2, 0.25) is 0 Å². The minimum atomic E-state index is -0.0603. The number of ether oxygens (including phenoxy) is 1. The summed E-state index contributed by atoms with van der Waals surface area (Å²) < 4.78 is 5.35. The summed E-state index contributed by atoms with van der Waals surface area (Å²) in [5.41, 5.74) is 2.18. The Morgan fingerprint density at radius 2 is 1.93 bits per heavy atom. The van der Waals surface area contributed by atoms with Crippen molar-refractivity contribution in [1.82, 2.24) is 5.32 Å². The zero-order valence-electron chi connectivity index (χ0n) is 15.8. The molecule has 2 aromatic carbocycles. The van der Waals surface area contributed by atoms with Crippen LogP contribution in [0.15, 0.2) is 65.6 Å². The van der Waals surface area contributed by atoms with Crippen LogP contribution in [0.25, 0.3) is 0 Å². The fraction of sp³-hybridized carbons (Fsp3) is 0.227. The molecule has 0 bridgehead atoms. The number of nitrogens with zero attached hydrogens (tertiary/aromatic N) is 1. The number of methoxy groups -OCH3 is 1. The molecule has 4 nitrogen and oxygen atoms in total. The molecule has 0 fully saturated rings. The summed E-state index contributed by atoms with van der Waals surface area (Å²) >= 11 is 3.44. The Morgan fingerprint density at radius 1 is 1.14 bits per heavy atom. The van der Waals surface area contributed by atoms with Crippen LogP contribution in [0.2, 0.25) is 0 Å². The van der Waals surface area contributed by atoms with E-state index >= 15 is 0 Å². The second-order valence-electron chi connectivity index (χ2n) is 6.64. The molecule has 1 aromatic heterocycles. The third-order valence-corrected chi connectivity index (χ3v) is 6.90. The van der Waals surface area contributed by atoms with Crippen LogP contribution in [0.5, 0.6) is 5.75 Å². The van der Waals surface area contributed by atoms with E-state index in [9.17, 15) is 4.79 Å². The highest BCUT2D eigenvalue weighted by molar-refractivity contribution is 8.00. The number of rotatable bonds is 5. The minimum Gasteiger partial charge on any atom is -0.496 e. The number of thioether (sulfide) groups is 1. The van der Waals surface area contributed by atoms with Gasteiger partial charge in [-0.3, -0.25) is 4.79 Å². The Hall–Kier alpha value is -2.44. The van der Waals surface area contributed by atoms with E-state index in [2.05, 4.69) is 41.4 Å². The zero-order valence-corrected chi connectivity index (χ0v) is 17.5. The molecule has 28 heavy (non-hydrogen) atoms. The van der Waals surface area contributed by atoms with Crippen LogP contribution >= 0.6 is 23.1 Å². The first-order valence-corrected chi connectivity index (χ1v) is 10.9. The SMILES string of the molecule is COc1ccccc1CNC(=O)c1ccc(N2C[C@H](C)Sc3ccccc32)s1. The molecule has 1 aliphatic rings. The molecule has 1 aliphatic heterocycles. The number of nitrogens with one attached hydrogen (secondary N) is 1. The van der Waals surface area contributed by atoms with Crippen molar-refractivity contribution in [3.63, 3.8) is 0 Å². The Bertz CT molecular complexity index is 986. The maximum atomic E-state index is 12.7. The van der Waals surface area contributed by atoms with Gasteiger partial charge in [0.1, 0.15) is 5.75 Å². The number of benzene rings is 2. The van der Waals surface area contributed by atoms with Gasteiger partial charge in [0.05, 0.1) is 22.7 Å². The van der Waals surface area contributed by atoms with Crippen molar-refractivity contribution in [1.29, 1.82) is 0 Å². The average molecular weight is 411 g/mol. The summed E-state index contributed by atoms with van der Waals surface area (Å²) in [7, 11) is 1.64. The van der Waals surface area contributed by atoms with Crippen molar-refractivity contribution in [2.24, 2.45) is 0 Å². The van der Waals surface area contributed by atoms with Crippen molar-refractivity contribution in [3.05, 3.63) is 71.1 Å². The largest absolute Gasteiger partial charge is 0.496 e. The molecule has 2 heterocycles. The molecule has 0 unspecified atom stereocenters. The smallest absolute Gasteiger partial charge is 0.261 e. The lowest BCUT2D eigenvalue weighted by Gasteiger charge is -2.33. The third-order valence-electron chi connectivity index (χ3n) is 4.64. The summed E-state index contributed by atoms with van der Waals surface area (Å²) in [5, 5.41) is 4.60. The van der Waals surface area contributed by atoms with E-state index < -0.39 is 0 Å². The highest BCUT2D eigenvalue weighted by atomic mass is 32.2. The number of amides is 1. The monoisotopic (exact) mass is 410 g/mol. The molecular weight excluding hydrogens is 388 g/mol. The molecule has 3 aromatic rings. The van der Waals surface area contributed by atoms with E-state index in [1.54, 1.807) is 7.11 Å². The Kier molecular flexibility index (Phi) is 5.59. The van der Waals surface area contributed by atoms with E-state index in [1.807, 2.05) is 48.2 Å². The number of thiophene rings is 1. The molecule has 144 valence electrons. The molecule has 1 atom stereocenters. The van der Waals surface area contributed by atoms with Crippen LogP contribution in [-0.2, 0) is 6.54 Å². The number of carbonyl (C=O) groups excluding carboxylic acids is 1. The first kappa shape index (κ1) is 18.9. The number of carbonyl (C=O) groups is 1. The molecule has 0 radical (unpaired) electrons. The number of fused-ring (bicyclic) bond motifs is 1. The lowest BCUT2D eigenvalue weighted by atomic mass is 10.2. The van der Waals surface area contributed by atoms with Crippen LogP contribution in [0, 0.1) is 0 Å². The predicted molar refractivity (Wildman–Crippen MR) is 117 cm³/mol. The molecule has 0 saturated heterocycles. The first-order valence-electron chi connectivity index (χ1n) is 9.19. The van der Waals surface area contributed by atoms with Crippen molar-refractivity contribution >= 4 is 39.7 Å². The van der Waals surface area contributed by atoms with E-state index in [4.69, 9.17) is 4.74 Å². The van der Waals surface area contributed by atoms with Gasteiger partial charge in [0, 0.05) is 28.8 Å². The van der Waals surface area contributed by atoms with Gasteiger partial charge in [0.15, 0.2) is 0 Å². The van der Waals surface area contributed by atoms with Crippen molar-refractivity contribution in [2.45, 2.75) is 23.6 Å².